The van der Waals surface area contributed by atoms with E-state index in [1.165, 1.54) is 11.3 Å². The molecule has 58 valence electrons. The van der Waals surface area contributed by atoms with E-state index in [2.05, 4.69) is 0 Å². The standard InChI is InChI=1S/C8H9NOS/c1-5-4-11-6-3-9(2)8(10)7(5)6/h4H,3H2,1-2H3/i2D3. The number of aryl methyl sites for hydroxylation is 1. The Kier molecular flexibility index (Phi) is 0.804. The number of hydrogen-bond donors (Lipinski definition) is 0. The Hall–Kier alpha value is -0.830. The maximum Gasteiger partial charge on any atom is 0.255 e. The Morgan fingerprint density at radius 2 is 2.64 bits per heavy atom. The van der Waals surface area contributed by atoms with Crippen molar-refractivity contribution in [3.63, 3.8) is 0 Å². The molecule has 0 saturated carbocycles. The molecule has 0 aliphatic carbocycles. The summed E-state index contributed by atoms with van der Waals surface area (Å²) >= 11 is 1.45. The van der Waals surface area contributed by atoms with Crippen LogP contribution in [0, 0.1) is 6.92 Å². The molecule has 0 aromatic carbocycles. The monoisotopic (exact) mass is 170 g/mol. The SMILES string of the molecule is [2H]C([2H])([2H])N1Cc2scc(C)c2C1=O. The lowest BCUT2D eigenvalue weighted by molar-refractivity contribution is 0.0816. The highest BCUT2D eigenvalue weighted by molar-refractivity contribution is 7.10. The number of carbonyl (C=O) groups is 1. The van der Waals surface area contributed by atoms with Gasteiger partial charge in [-0.05, 0) is 17.9 Å². The molecule has 0 radical (unpaired) electrons. The zero-order valence-electron chi connectivity index (χ0n) is 9.05. The molecule has 1 aliphatic heterocycles. The summed E-state index contributed by atoms with van der Waals surface area (Å²) in [5, 5.41) is 1.89. The second kappa shape index (κ2) is 2.08. The summed E-state index contributed by atoms with van der Waals surface area (Å²) in [7, 11) is 0. The molecule has 0 fully saturated rings. The first-order valence-electron chi connectivity index (χ1n) is 4.80. The third-order valence-electron chi connectivity index (χ3n) is 1.81. The van der Waals surface area contributed by atoms with Gasteiger partial charge in [0.15, 0.2) is 0 Å². The van der Waals surface area contributed by atoms with E-state index in [-0.39, 0.29) is 12.5 Å². The van der Waals surface area contributed by atoms with Gasteiger partial charge in [-0.15, -0.1) is 11.3 Å². The first kappa shape index (κ1) is 4.26. The van der Waals surface area contributed by atoms with Crippen molar-refractivity contribution >= 4 is 17.2 Å². The number of fused-ring (bicyclic) bond motifs is 1. The summed E-state index contributed by atoms with van der Waals surface area (Å²) in [6.45, 7) is -0.262. The van der Waals surface area contributed by atoms with Crippen molar-refractivity contribution in [2.75, 3.05) is 6.98 Å². The zero-order valence-corrected chi connectivity index (χ0v) is 6.86. The molecule has 1 aliphatic rings. The smallest absolute Gasteiger partial charge is 0.255 e. The first-order valence-corrected chi connectivity index (χ1v) is 4.18. The zero-order chi connectivity index (χ0) is 10.5. The Bertz CT molecular complexity index is 396. The van der Waals surface area contributed by atoms with Crippen LogP contribution in [0.5, 0.6) is 0 Å². The molecule has 1 amide bonds. The Morgan fingerprint density at radius 1 is 1.82 bits per heavy atom. The van der Waals surface area contributed by atoms with E-state index in [1.54, 1.807) is 0 Å². The molecule has 0 spiro atoms. The summed E-state index contributed by atoms with van der Waals surface area (Å²) in [5.41, 5.74) is 1.47. The van der Waals surface area contributed by atoms with Crippen LogP contribution in [0.15, 0.2) is 5.38 Å². The van der Waals surface area contributed by atoms with E-state index < -0.39 is 6.98 Å². The van der Waals surface area contributed by atoms with Gasteiger partial charge in [0, 0.05) is 16.0 Å². The van der Waals surface area contributed by atoms with Crippen LogP contribution in [0.3, 0.4) is 0 Å². The summed E-state index contributed by atoms with van der Waals surface area (Å²) in [4.78, 5) is 13.5. The van der Waals surface area contributed by atoms with Crippen molar-refractivity contribution in [1.82, 2.24) is 4.90 Å². The average Bonchev–Trinajstić information content (AvgIpc) is 2.53. The fraction of sp³-hybridized carbons (Fsp3) is 0.375. The van der Waals surface area contributed by atoms with Crippen LogP contribution in [-0.4, -0.2) is 17.8 Å². The van der Waals surface area contributed by atoms with Gasteiger partial charge in [0.2, 0.25) is 0 Å². The topological polar surface area (TPSA) is 20.3 Å². The van der Waals surface area contributed by atoms with Crippen LogP contribution in [0.2, 0.25) is 0 Å². The Balaban J connectivity index is 2.41. The lowest BCUT2D eigenvalue weighted by Gasteiger charge is -2.05. The molecule has 11 heavy (non-hydrogen) atoms. The number of carbonyl (C=O) groups excluding carboxylic acids is 1. The maximum atomic E-state index is 11.7. The predicted octanol–water partition coefficient (Wildman–Crippen LogP) is 1.64. The second-order valence-corrected chi connectivity index (χ2v) is 3.57. The molecule has 2 rings (SSSR count). The van der Waals surface area contributed by atoms with Crippen molar-refractivity contribution in [3.05, 3.63) is 21.4 Å². The fourth-order valence-electron chi connectivity index (χ4n) is 1.25. The van der Waals surface area contributed by atoms with E-state index >= 15 is 0 Å². The molecule has 3 heteroatoms. The normalized spacial score (nSPS) is 21.0. The molecule has 1 aromatic rings. The predicted molar refractivity (Wildman–Crippen MR) is 44.9 cm³/mol. The van der Waals surface area contributed by atoms with Gasteiger partial charge in [-0.1, -0.05) is 0 Å². The maximum absolute atomic E-state index is 11.7. The van der Waals surface area contributed by atoms with E-state index in [9.17, 15) is 4.79 Å². The molecule has 0 N–H and O–H groups in total. The lowest BCUT2D eigenvalue weighted by Crippen LogP contribution is -2.18. The largest absolute Gasteiger partial charge is 0.336 e. The minimum atomic E-state index is -2.32. The third-order valence-corrected chi connectivity index (χ3v) is 2.90. The molecule has 1 aromatic heterocycles. The third kappa shape index (κ3) is 0.807. The molecule has 2 nitrogen and oxygen atoms in total. The molecule has 0 unspecified atom stereocenters. The number of nitrogens with zero attached hydrogens (tertiary/aromatic N) is 1. The quantitative estimate of drug-likeness (QED) is 0.579. The minimum absolute atomic E-state index is 0.225. The van der Waals surface area contributed by atoms with E-state index in [4.69, 9.17) is 4.11 Å². The molecule has 0 saturated heterocycles. The van der Waals surface area contributed by atoms with E-state index in [1.807, 2.05) is 12.3 Å². The number of rotatable bonds is 0. The van der Waals surface area contributed by atoms with Gasteiger partial charge in [-0.25, -0.2) is 0 Å². The Labute approximate surface area is 73.7 Å². The highest BCUT2D eigenvalue weighted by Crippen LogP contribution is 2.29. The van der Waals surface area contributed by atoms with Gasteiger partial charge in [-0.2, -0.15) is 0 Å². The highest BCUT2D eigenvalue weighted by atomic mass is 32.1. The number of hydrogen-bond acceptors (Lipinski definition) is 2. The van der Waals surface area contributed by atoms with Crippen LogP contribution in [-0.2, 0) is 6.54 Å². The van der Waals surface area contributed by atoms with Crippen LogP contribution in [0.4, 0.5) is 0 Å². The lowest BCUT2D eigenvalue weighted by atomic mass is 10.2. The summed E-state index contributed by atoms with van der Waals surface area (Å²) < 4.78 is 21.6. The Morgan fingerprint density at radius 3 is 3.27 bits per heavy atom. The van der Waals surface area contributed by atoms with Gasteiger partial charge in [0.1, 0.15) is 0 Å². The molecule has 0 bridgehead atoms. The van der Waals surface area contributed by atoms with Crippen molar-refractivity contribution in [1.29, 1.82) is 0 Å². The number of thiophene rings is 1. The fourth-order valence-corrected chi connectivity index (χ4v) is 2.26. The van der Waals surface area contributed by atoms with Crippen molar-refractivity contribution < 1.29 is 8.91 Å². The minimum Gasteiger partial charge on any atom is -0.336 e. The molecule has 0 atom stereocenters. The second-order valence-electron chi connectivity index (χ2n) is 2.61. The first-order chi connectivity index (χ1) is 6.41. The van der Waals surface area contributed by atoms with Gasteiger partial charge in [-0.3, -0.25) is 4.79 Å². The average molecular weight is 170 g/mol. The summed E-state index contributed by atoms with van der Waals surface area (Å²) in [6.07, 6.45) is 0. The van der Waals surface area contributed by atoms with E-state index in [0.29, 0.717) is 5.56 Å². The summed E-state index contributed by atoms with van der Waals surface area (Å²) in [6, 6.07) is 0. The van der Waals surface area contributed by atoms with E-state index in [0.717, 1.165) is 15.3 Å². The molecular formula is C8H9NOS. The van der Waals surface area contributed by atoms with Crippen molar-refractivity contribution in [3.8, 4) is 0 Å². The molecular weight excluding hydrogens is 158 g/mol. The molecule has 2 heterocycles. The highest BCUT2D eigenvalue weighted by Gasteiger charge is 2.27. The summed E-state index contributed by atoms with van der Waals surface area (Å²) in [5.74, 6) is -0.362. The van der Waals surface area contributed by atoms with Gasteiger partial charge in [0.25, 0.3) is 5.91 Å². The van der Waals surface area contributed by atoms with Crippen LogP contribution >= 0.6 is 11.3 Å². The van der Waals surface area contributed by atoms with Gasteiger partial charge >= 0.3 is 0 Å². The van der Waals surface area contributed by atoms with Gasteiger partial charge < -0.3 is 4.90 Å². The number of amides is 1. The van der Waals surface area contributed by atoms with Gasteiger partial charge in [0.05, 0.1) is 12.1 Å². The van der Waals surface area contributed by atoms with Crippen LogP contribution < -0.4 is 0 Å². The van der Waals surface area contributed by atoms with Crippen molar-refractivity contribution in [2.24, 2.45) is 0 Å². The van der Waals surface area contributed by atoms with Crippen molar-refractivity contribution in [2.45, 2.75) is 13.5 Å². The van der Waals surface area contributed by atoms with Crippen LogP contribution in [0.25, 0.3) is 0 Å². The van der Waals surface area contributed by atoms with Crippen LogP contribution in [0.1, 0.15) is 24.9 Å².